The second kappa shape index (κ2) is 10.5. The highest BCUT2D eigenvalue weighted by atomic mass is 35.5. The Morgan fingerprint density at radius 1 is 1.15 bits per heavy atom. The molecule has 8 nitrogen and oxygen atoms in total. The van der Waals surface area contributed by atoms with Gasteiger partial charge in [-0.3, -0.25) is 9.59 Å². The summed E-state index contributed by atoms with van der Waals surface area (Å²) in [5, 5.41) is 23.5. The average Bonchev–Trinajstić information content (AvgIpc) is 3.57. The van der Waals surface area contributed by atoms with Crippen molar-refractivity contribution in [3.05, 3.63) is 46.8 Å². The molecule has 41 heavy (non-hydrogen) atoms. The van der Waals surface area contributed by atoms with Gasteiger partial charge in [-0.05, 0) is 68.6 Å². The van der Waals surface area contributed by atoms with Crippen LogP contribution in [0.2, 0.25) is 5.02 Å². The minimum Gasteiger partial charge on any atom is -0.384 e. The Balaban J connectivity index is 1.25. The lowest BCUT2D eigenvalue weighted by atomic mass is 9.86. The third-order valence-electron chi connectivity index (χ3n) is 8.96. The van der Waals surface area contributed by atoms with Gasteiger partial charge >= 0.3 is 5.92 Å². The summed E-state index contributed by atoms with van der Waals surface area (Å²) < 4.78 is 72.1. The molecule has 1 aromatic carbocycles. The maximum absolute atomic E-state index is 15.4. The van der Waals surface area contributed by atoms with E-state index in [1.165, 1.54) is 23.0 Å². The Morgan fingerprint density at radius 2 is 1.76 bits per heavy atom. The SMILES string of the molecule is Cn1cnc(C2CC3CC(O)(C(F)(F)C(=O)N4CCC(O)(C(F)F)CC4)CC3C2)c1C(=O)Nc1ccc(F)c(Cl)c1. The van der Waals surface area contributed by atoms with Gasteiger partial charge in [-0.25, -0.2) is 18.2 Å². The Morgan fingerprint density at radius 3 is 2.32 bits per heavy atom. The first-order valence-electron chi connectivity index (χ1n) is 13.3. The van der Waals surface area contributed by atoms with Gasteiger partial charge in [-0.15, -0.1) is 0 Å². The molecule has 3 N–H and O–H groups in total. The third-order valence-corrected chi connectivity index (χ3v) is 9.25. The van der Waals surface area contributed by atoms with Crippen molar-refractivity contribution in [1.82, 2.24) is 14.5 Å². The highest BCUT2D eigenvalue weighted by Crippen LogP contribution is 2.57. The number of halogens is 6. The molecule has 14 heteroatoms. The molecule has 1 aliphatic heterocycles. The predicted molar refractivity (Wildman–Crippen MR) is 137 cm³/mol. The lowest BCUT2D eigenvalue weighted by molar-refractivity contribution is -0.206. The van der Waals surface area contributed by atoms with Gasteiger partial charge < -0.3 is 25.0 Å². The molecule has 0 radical (unpaired) electrons. The van der Waals surface area contributed by atoms with E-state index >= 15 is 8.78 Å². The monoisotopic (exact) mass is 604 g/mol. The topological polar surface area (TPSA) is 108 Å². The number of aryl methyl sites for hydroxylation is 1. The molecule has 2 unspecified atom stereocenters. The largest absolute Gasteiger partial charge is 0.384 e. The molecule has 2 amide bonds. The second-order valence-corrected chi connectivity index (χ2v) is 12.0. The number of likely N-dealkylation sites (tertiary alicyclic amines) is 1. The number of aliphatic hydroxyl groups is 2. The van der Waals surface area contributed by atoms with Gasteiger partial charge in [-0.1, -0.05) is 11.6 Å². The van der Waals surface area contributed by atoms with Crippen molar-refractivity contribution in [1.29, 1.82) is 0 Å². The van der Waals surface area contributed by atoms with E-state index in [2.05, 4.69) is 10.3 Å². The number of piperidine rings is 1. The van der Waals surface area contributed by atoms with Crippen LogP contribution in [-0.2, 0) is 11.8 Å². The Kier molecular flexibility index (Phi) is 7.61. The van der Waals surface area contributed by atoms with Crippen LogP contribution in [0.3, 0.4) is 0 Å². The zero-order valence-electron chi connectivity index (χ0n) is 22.1. The molecular weight excluding hydrogens is 575 g/mol. The van der Waals surface area contributed by atoms with E-state index in [0.29, 0.717) is 18.5 Å². The Hall–Kier alpha value is -2.77. The highest BCUT2D eigenvalue weighted by Gasteiger charge is 2.65. The zero-order valence-corrected chi connectivity index (χ0v) is 22.9. The molecular formula is C27H30ClF5N4O4. The molecule has 224 valence electrons. The van der Waals surface area contributed by atoms with Crippen molar-refractivity contribution >= 4 is 29.1 Å². The summed E-state index contributed by atoms with van der Waals surface area (Å²) in [7, 11) is 1.63. The van der Waals surface area contributed by atoms with Crippen molar-refractivity contribution < 1.29 is 41.8 Å². The lowest BCUT2D eigenvalue weighted by Gasteiger charge is -2.41. The van der Waals surface area contributed by atoms with Crippen LogP contribution in [0.4, 0.5) is 27.6 Å². The normalized spacial score (nSPS) is 27.8. The van der Waals surface area contributed by atoms with Crippen LogP contribution in [0, 0.1) is 17.7 Å². The smallest absolute Gasteiger partial charge is 0.352 e. The van der Waals surface area contributed by atoms with Crippen molar-refractivity contribution in [2.75, 3.05) is 18.4 Å². The summed E-state index contributed by atoms with van der Waals surface area (Å²) >= 11 is 5.81. The van der Waals surface area contributed by atoms with Gasteiger partial charge in [0.15, 0.2) is 0 Å². The number of hydrogen-bond donors (Lipinski definition) is 3. The number of carbonyl (C=O) groups is 2. The van der Waals surface area contributed by atoms with E-state index in [-0.39, 0.29) is 47.0 Å². The van der Waals surface area contributed by atoms with Crippen LogP contribution in [0.5, 0.6) is 0 Å². The van der Waals surface area contributed by atoms with Gasteiger partial charge in [-0.2, -0.15) is 8.78 Å². The van der Waals surface area contributed by atoms with Crippen molar-refractivity contribution in [2.24, 2.45) is 18.9 Å². The predicted octanol–water partition coefficient (Wildman–Crippen LogP) is 4.35. The summed E-state index contributed by atoms with van der Waals surface area (Å²) in [6.07, 6.45) is -2.62. The summed E-state index contributed by atoms with van der Waals surface area (Å²) in [5.41, 5.74) is -3.93. The first kappa shape index (κ1) is 29.7. The first-order valence-corrected chi connectivity index (χ1v) is 13.7. The molecule has 5 rings (SSSR count). The Bertz CT molecular complexity index is 1330. The number of nitrogens with zero attached hydrogens (tertiary/aromatic N) is 3. The first-order chi connectivity index (χ1) is 19.1. The molecule has 2 saturated carbocycles. The van der Waals surface area contributed by atoms with Crippen LogP contribution in [0.15, 0.2) is 24.5 Å². The molecule has 0 bridgehead atoms. The number of benzene rings is 1. The zero-order chi connectivity index (χ0) is 29.9. The van der Waals surface area contributed by atoms with E-state index in [0.717, 1.165) is 11.0 Å². The van der Waals surface area contributed by atoms with Gasteiger partial charge in [0.2, 0.25) is 0 Å². The number of imidazole rings is 1. The number of amides is 2. The second-order valence-electron chi connectivity index (χ2n) is 11.6. The van der Waals surface area contributed by atoms with E-state index in [1.807, 2.05) is 0 Å². The molecule has 2 aliphatic carbocycles. The van der Waals surface area contributed by atoms with Crippen LogP contribution >= 0.6 is 11.6 Å². The van der Waals surface area contributed by atoms with Crippen molar-refractivity contribution in [3.63, 3.8) is 0 Å². The number of aromatic nitrogens is 2. The van der Waals surface area contributed by atoms with Crippen molar-refractivity contribution in [2.45, 2.75) is 68.0 Å². The summed E-state index contributed by atoms with van der Waals surface area (Å²) in [6, 6.07) is 3.76. The number of hydrogen-bond acceptors (Lipinski definition) is 5. The van der Waals surface area contributed by atoms with Crippen LogP contribution in [0.25, 0.3) is 0 Å². The lowest BCUT2D eigenvalue weighted by Crippen LogP contribution is -2.60. The number of nitrogens with one attached hydrogen (secondary N) is 1. The summed E-state index contributed by atoms with van der Waals surface area (Å²) in [5.74, 6) is -7.88. The number of alkyl halides is 4. The van der Waals surface area contributed by atoms with Crippen LogP contribution in [-0.4, -0.2) is 73.1 Å². The summed E-state index contributed by atoms with van der Waals surface area (Å²) in [6.45, 7) is -0.927. The Labute approximate surface area is 237 Å². The third kappa shape index (κ3) is 5.20. The number of fused-ring (bicyclic) bond motifs is 1. The van der Waals surface area contributed by atoms with Gasteiger partial charge in [0.25, 0.3) is 18.2 Å². The average molecular weight is 605 g/mol. The van der Waals surface area contributed by atoms with Gasteiger partial charge in [0, 0.05) is 31.7 Å². The number of anilines is 1. The molecule has 2 aromatic rings. The molecule has 2 atom stereocenters. The molecule has 3 aliphatic rings. The van der Waals surface area contributed by atoms with E-state index < -0.39 is 67.1 Å². The summed E-state index contributed by atoms with van der Waals surface area (Å²) in [4.78, 5) is 31.0. The van der Waals surface area contributed by atoms with Crippen LogP contribution < -0.4 is 5.32 Å². The number of carbonyl (C=O) groups excluding carboxylic acids is 2. The van der Waals surface area contributed by atoms with E-state index in [9.17, 15) is 33.0 Å². The van der Waals surface area contributed by atoms with Gasteiger partial charge in [0.1, 0.15) is 22.7 Å². The van der Waals surface area contributed by atoms with Gasteiger partial charge in [0.05, 0.1) is 17.0 Å². The maximum atomic E-state index is 15.4. The van der Waals surface area contributed by atoms with E-state index in [4.69, 9.17) is 11.6 Å². The van der Waals surface area contributed by atoms with Crippen molar-refractivity contribution in [3.8, 4) is 0 Å². The van der Waals surface area contributed by atoms with Crippen LogP contribution in [0.1, 0.15) is 60.6 Å². The fourth-order valence-corrected chi connectivity index (χ4v) is 6.82. The van der Waals surface area contributed by atoms with E-state index in [1.54, 1.807) is 7.05 Å². The fourth-order valence-electron chi connectivity index (χ4n) is 6.64. The molecule has 1 aromatic heterocycles. The quantitative estimate of drug-likeness (QED) is 0.425. The standard InChI is InChI=1S/C27H30ClF5N4O4/c1-36-13-34-20(21(36)22(38)35-17-2-3-19(29)18(28)10-17)14-8-15-11-26(41,12-16(15)9-14)27(32,33)24(39)37-6-4-25(40,5-7-37)23(30)31/h2-3,10,13-16,23,40-41H,4-9,11-12H2,1H3,(H,35,38). The molecule has 0 spiro atoms. The highest BCUT2D eigenvalue weighted by molar-refractivity contribution is 6.31. The number of rotatable bonds is 6. The molecule has 1 saturated heterocycles. The fraction of sp³-hybridized carbons (Fsp3) is 0.593. The molecule has 2 heterocycles. The minimum absolute atomic E-state index is 0.158. The maximum Gasteiger partial charge on any atom is 0.352 e. The minimum atomic E-state index is -4.14. The molecule has 3 fully saturated rings.